The van der Waals surface area contributed by atoms with Crippen LogP contribution in [0.25, 0.3) is 23.4 Å². The minimum atomic E-state index is -0.310. The van der Waals surface area contributed by atoms with Gasteiger partial charge >= 0.3 is 0 Å². The highest BCUT2D eigenvalue weighted by Crippen LogP contribution is 2.38. The van der Waals surface area contributed by atoms with E-state index < -0.39 is 0 Å². The van der Waals surface area contributed by atoms with Crippen LogP contribution < -0.4 is 20.3 Å². The van der Waals surface area contributed by atoms with E-state index in [4.69, 9.17) is 9.72 Å². The Labute approximate surface area is 260 Å². The smallest absolute Gasteiger partial charge is 0.247 e. The standard InChI is InChI=1S/C28H35N7O2.3C2H6/c1-9-19-20(18-35(7)24(19)10-2)21-12-13-29-28(31-21)32-23-16-22(30-27(36)11-3)25(17-26(23)37-8)34(6)15-14-33(4)5;3*1-2/h9-13,16-18H,1-3,14-15H2,4-8H3,(H,30,36)(H,29,31,32);3*1-2H3. The van der Waals surface area contributed by atoms with E-state index in [2.05, 4.69) is 45.2 Å². The van der Waals surface area contributed by atoms with Gasteiger partial charge in [-0.05, 0) is 38.4 Å². The molecular weight excluding hydrogens is 538 g/mol. The third kappa shape index (κ3) is 10.8. The zero-order valence-corrected chi connectivity index (χ0v) is 28.2. The molecule has 3 rings (SSSR count). The number of anilines is 4. The topological polar surface area (TPSA) is 87.5 Å². The highest BCUT2D eigenvalue weighted by molar-refractivity contribution is 6.02. The first-order valence-electron chi connectivity index (χ1n) is 14.8. The van der Waals surface area contributed by atoms with Gasteiger partial charge in [0.1, 0.15) is 5.75 Å². The number of amides is 1. The molecule has 1 aromatic carbocycles. The van der Waals surface area contributed by atoms with Gasteiger partial charge in [0, 0.05) is 62.5 Å². The molecule has 1 amide bonds. The van der Waals surface area contributed by atoms with Crippen molar-refractivity contribution in [2.45, 2.75) is 41.5 Å². The van der Waals surface area contributed by atoms with Gasteiger partial charge in [0.2, 0.25) is 11.9 Å². The Hall–Kier alpha value is -4.37. The number of likely N-dealkylation sites (N-methyl/N-ethyl adjacent to an activating group) is 2. The lowest BCUT2D eigenvalue weighted by Crippen LogP contribution is -2.29. The van der Waals surface area contributed by atoms with Crippen molar-refractivity contribution in [2.75, 3.05) is 56.9 Å². The summed E-state index contributed by atoms with van der Waals surface area (Å²) in [6, 6.07) is 5.53. The zero-order valence-electron chi connectivity index (χ0n) is 28.2. The lowest BCUT2D eigenvalue weighted by atomic mass is 10.1. The number of aryl methyl sites for hydroxylation is 1. The third-order valence-electron chi connectivity index (χ3n) is 5.90. The first-order valence-corrected chi connectivity index (χ1v) is 14.8. The second kappa shape index (κ2) is 20.5. The second-order valence-electron chi connectivity index (χ2n) is 8.74. The van der Waals surface area contributed by atoms with Crippen LogP contribution >= 0.6 is 0 Å². The summed E-state index contributed by atoms with van der Waals surface area (Å²) in [6.45, 7) is 25.0. The Balaban J connectivity index is 0.00000276. The van der Waals surface area contributed by atoms with Crippen LogP contribution in [-0.2, 0) is 11.8 Å². The van der Waals surface area contributed by atoms with Crippen LogP contribution in [0.4, 0.5) is 23.0 Å². The van der Waals surface area contributed by atoms with E-state index in [1.165, 1.54) is 6.08 Å². The summed E-state index contributed by atoms with van der Waals surface area (Å²) in [4.78, 5) is 25.5. The van der Waals surface area contributed by atoms with Gasteiger partial charge in [0.05, 0.1) is 29.9 Å². The van der Waals surface area contributed by atoms with Crippen LogP contribution in [0.2, 0.25) is 0 Å². The Bertz CT molecular complexity index is 1310. The SMILES string of the molecule is C=CC(=O)Nc1cc(Nc2nccc(-c3cn(C)c(C=C)c3C=C)n2)c(OC)cc1N(C)CCN(C)C.CC.CC.CC. The van der Waals surface area contributed by atoms with Crippen molar-refractivity contribution in [2.24, 2.45) is 7.05 Å². The van der Waals surface area contributed by atoms with Crippen molar-refractivity contribution < 1.29 is 9.53 Å². The van der Waals surface area contributed by atoms with E-state index in [0.29, 0.717) is 23.1 Å². The fourth-order valence-electron chi connectivity index (χ4n) is 3.93. The minimum absolute atomic E-state index is 0.310. The Morgan fingerprint density at radius 2 is 1.65 bits per heavy atom. The number of benzene rings is 1. The molecule has 0 aliphatic carbocycles. The van der Waals surface area contributed by atoms with E-state index in [1.54, 1.807) is 25.5 Å². The number of nitrogens with zero attached hydrogens (tertiary/aromatic N) is 5. The molecule has 0 fully saturated rings. The number of hydrogen-bond donors (Lipinski definition) is 2. The molecule has 9 nitrogen and oxygen atoms in total. The van der Waals surface area contributed by atoms with Gasteiger partial charge in [0.25, 0.3) is 0 Å². The Kier molecular flexibility index (Phi) is 18.4. The fraction of sp³-hybridized carbons (Fsp3) is 0.382. The lowest BCUT2D eigenvalue weighted by Gasteiger charge is -2.26. The highest BCUT2D eigenvalue weighted by atomic mass is 16.5. The maximum absolute atomic E-state index is 12.2. The molecule has 3 aromatic rings. The molecule has 43 heavy (non-hydrogen) atoms. The zero-order chi connectivity index (χ0) is 33.1. The first kappa shape index (κ1) is 38.6. The van der Waals surface area contributed by atoms with Crippen LogP contribution in [0.5, 0.6) is 5.75 Å². The van der Waals surface area contributed by atoms with Crippen molar-refractivity contribution in [3.05, 3.63) is 67.7 Å². The van der Waals surface area contributed by atoms with Crippen molar-refractivity contribution >= 4 is 41.1 Å². The molecule has 0 radical (unpaired) electrons. The minimum Gasteiger partial charge on any atom is -0.494 e. The van der Waals surface area contributed by atoms with Crippen molar-refractivity contribution in [3.63, 3.8) is 0 Å². The molecule has 0 unspecified atom stereocenters. The number of carbonyl (C=O) groups is 1. The second-order valence-corrected chi connectivity index (χ2v) is 8.74. The van der Waals surface area contributed by atoms with Gasteiger partial charge in [-0.15, -0.1) is 0 Å². The largest absolute Gasteiger partial charge is 0.494 e. The molecule has 2 N–H and O–H groups in total. The number of methoxy groups -OCH3 is 1. The number of hydrogen-bond acceptors (Lipinski definition) is 7. The van der Waals surface area contributed by atoms with Crippen LogP contribution in [-0.4, -0.2) is 66.7 Å². The van der Waals surface area contributed by atoms with E-state index in [1.807, 2.05) is 98.7 Å². The lowest BCUT2D eigenvalue weighted by molar-refractivity contribution is -0.111. The molecule has 0 saturated heterocycles. The van der Waals surface area contributed by atoms with Gasteiger partial charge in [-0.25, -0.2) is 9.97 Å². The molecule has 2 heterocycles. The van der Waals surface area contributed by atoms with E-state index in [0.717, 1.165) is 41.3 Å². The van der Waals surface area contributed by atoms with Crippen LogP contribution in [0, 0.1) is 0 Å². The number of carbonyl (C=O) groups excluding carboxylic acids is 1. The average Bonchev–Trinajstić information content (AvgIpc) is 3.37. The molecule has 2 aromatic heterocycles. The maximum Gasteiger partial charge on any atom is 0.247 e. The number of nitrogens with one attached hydrogen (secondary N) is 2. The number of ether oxygens (including phenoxy) is 1. The predicted octanol–water partition coefficient (Wildman–Crippen LogP) is 7.72. The molecule has 0 spiro atoms. The molecule has 236 valence electrons. The van der Waals surface area contributed by atoms with Crippen molar-refractivity contribution in [3.8, 4) is 17.0 Å². The molecule has 0 aliphatic rings. The van der Waals surface area contributed by atoms with Crippen LogP contribution in [0.3, 0.4) is 0 Å². The summed E-state index contributed by atoms with van der Waals surface area (Å²) in [5, 5.41) is 6.15. The molecule has 9 heteroatoms. The Morgan fingerprint density at radius 3 is 2.19 bits per heavy atom. The summed E-state index contributed by atoms with van der Waals surface area (Å²) >= 11 is 0. The average molecular weight is 592 g/mol. The van der Waals surface area contributed by atoms with Crippen LogP contribution in [0.15, 0.2) is 56.4 Å². The van der Waals surface area contributed by atoms with E-state index in [-0.39, 0.29) is 5.91 Å². The number of rotatable bonds is 12. The predicted molar refractivity (Wildman–Crippen MR) is 188 cm³/mol. The van der Waals surface area contributed by atoms with Crippen molar-refractivity contribution in [1.29, 1.82) is 0 Å². The number of aromatic nitrogens is 3. The molecule has 0 bridgehead atoms. The third-order valence-corrected chi connectivity index (χ3v) is 5.90. The molecular formula is C34H53N7O2. The van der Waals surface area contributed by atoms with Gasteiger partial charge in [0.15, 0.2) is 0 Å². The molecule has 0 aliphatic heterocycles. The normalized spacial score (nSPS) is 9.58. The molecule has 0 saturated carbocycles. The summed E-state index contributed by atoms with van der Waals surface area (Å²) in [7, 11) is 9.55. The van der Waals surface area contributed by atoms with E-state index >= 15 is 0 Å². The maximum atomic E-state index is 12.2. The first-order chi connectivity index (χ1) is 20.7. The Morgan fingerprint density at radius 1 is 1.00 bits per heavy atom. The summed E-state index contributed by atoms with van der Waals surface area (Å²) < 4.78 is 7.67. The summed E-state index contributed by atoms with van der Waals surface area (Å²) in [6.07, 6.45) is 8.51. The van der Waals surface area contributed by atoms with Gasteiger partial charge in [-0.2, -0.15) is 0 Å². The monoisotopic (exact) mass is 591 g/mol. The van der Waals surface area contributed by atoms with Crippen LogP contribution in [0.1, 0.15) is 52.8 Å². The quantitative estimate of drug-likeness (QED) is 0.209. The van der Waals surface area contributed by atoms with Crippen molar-refractivity contribution in [1.82, 2.24) is 19.4 Å². The van der Waals surface area contributed by atoms with Gasteiger partial charge in [-0.1, -0.05) is 67.4 Å². The fourth-order valence-corrected chi connectivity index (χ4v) is 3.93. The highest BCUT2D eigenvalue weighted by Gasteiger charge is 2.17. The van der Waals surface area contributed by atoms with Gasteiger partial charge in [-0.3, -0.25) is 4.79 Å². The summed E-state index contributed by atoms with van der Waals surface area (Å²) in [5.41, 5.74) is 5.57. The van der Waals surface area contributed by atoms with Gasteiger partial charge < -0.3 is 29.7 Å². The summed E-state index contributed by atoms with van der Waals surface area (Å²) in [5.74, 6) is 0.651. The molecule has 0 atom stereocenters. The van der Waals surface area contributed by atoms with E-state index in [9.17, 15) is 4.79 Å².